The van der Waals surface area contributed by atoms with Crippen molar-refractivity contribution >= 4 is 6.09 Å². The van der Waals surface area contributed by atoms with E-state index in [-0.39, 0.29) is 11.6 Å². The van der Waals surface area contributed by atoms with Crippen molar-refractivity contribution in [1.29, 1.82) is 0 Å². The zero-order valence-electron chi connectivity index (χ0n) is 11.9. The summed E-state index contributed by atoms with van der Waals surface area (Å²) in [5.74, 6) is 0. The van der Waals surface area contributed by atoms with Crippen LogP contribution >= 0.6 is 0 Å². The Labute approximate surface area is 104 Å². The van der Waals surface area contributed by atoms with Crippen LogP contribution in [0.1, 0.15) is 60.8 Å². The molecule has 0 aliphatic heterocycles. The third-order valence-corrected chi connectivity index (χ3v) is 4.39. The molecule has 0 aromatic rings. The number of alkyl carbamates (subject to hydrolysis) is 1. The minimum Gasteiger partial charge on any atom is -0.444 e. The molecule has 17 heavy (non-hydrogen) atoms. The third-order valence-electron chi connectivity index (χ3n) is 4.39. The minimum atomic E-state index is -0.407. The summed E-state index contributed by atoms with van der Waals surface area (Å²) in [7, 11) is 0. The van der Waals surface area contributed by atoms with E-state index in [0.717, 1.165) is 19.3 Å². The summed E-state index contributed by atoms with van der Waals surface area (Å²) in [6.07, 6.45) is 3.08. The molecule has 0 aromatic heterocycles. The molecule has 3 aliphatic carbocycles. The molecule has 3 aliphatic rings. The molecule has 0 radical (unpaired) electrons. The van der Waals surface area contributed by atoms with Crippen molar-refractivity contribution in [1.82, 2.24) is 5.32 Å². The number of amides is 1. The Hall–Kier alpha value is -0.730. The monoisotopic (exact) mass is 239 g/mol. The average molecular weight is 239 g/mol. The summed E-state index contributed by atoms with van der Waals surface area (Å²) in [5.41, 5.74) is 0.456. The number of carbonyl (C=O) groups excluding carboxylic acids is 1. The van der Waals surface area contributed by atoms with E-state index in [0.29, 0.717) is 10.8 Å². The van der Waals surface area contributed by atoms with Gasteiger partial charge in [-0.25, -0.2) is 4.79 Å². The van der Waals surface area contributed by atoms with Gasteiger partial charge in [-0.2, -0.15) is 0 Å². The van der Waals surface area contributed by atoms with Gasteiger partial charge < -0.3 is 10.1 Å². The fourth-order valence-corrected chi connectivity index (χ4v) is 3.24. The van der Waals surface area contributed by atoms with Gasteiger partial charge in [-0.15, -0.1) is 0 Å². The molecule has 3 heteroatoms. The standard InChI is InChI=1S/C14H25NO2/c1-11(2,3)13-7-14(8-13,9-13)15-10(16)17-12(4,5)6/h7-9H2,1-6H3,(H,15,16). The van der Waals surface area contributed by atoms with Gasteiger partial charge in [-0.3, -0.25) is 0 Å². The second kappa shape index (κ2) is 3.18. The molecule has 3 nitrogen and oxygen atoms in total. The molecule has 2 bridgehead atoms. The van der Waals surface area contributed by atoms with Crippen LogP contribution in [0.15, 0.2) is 0 Å². The van der Waals surface area contributed by atoms with E-state index in [1.54, 1.807) is 0 Å². The van der Waals surface area contributed by atoms with Gasteiger partial charge in [0.2, 0.25) is 0 Å². The lowest BCUT2D eigenvalue weighted by atomic mass is 9.33. The molecule has 0 atom stereocenters. The van der Waals surface area contributed by atoms with E-state index in [1.807, 2.05) is 20.8 Å². The zero-order valence-corrected chi connectivity index (χ0v) is 11.9. The van der Waals surface area contributed by atoms with Crippen molar-refractivity contribution in [3.63, 3.8) is 0 Å². The van der Waals surface area contributed by atoms with Gasteiger partial charge in [0.25, 0.3) is 0 Å². The Morgan fingerprint density at radius 2 is 1.53 bits per heavy atom. The first kappa shape index (κ1) is 12.7. The Morgan fingerprint density at radius 1 is 1.06 bits per heavy atom. The normalized spacial score (nSPS) is 35.6. The lowest BCUT2D eigenvalue weighted by molar-refractivity contribution is -0.213. The number of rotatable bonds is 1. The molecule has 0 saturated heterocycles. The van der Waals surface area contributed by atoms with Gasteiger partial charge in [0.05, 0.1) is 0 Å². The van der Waals surface area contributed by atoms with Crippen molar-refractivity contribution in [2.75, 3.05) is 0 Å². The largest absolute Gasteiger partial charge is 0.444 e. The smallest absolute Gasteiger partial charge is 0.408 e. The summed E-state index contributed by atoms with van der Waals surface area (Å²) in [6.45, 7) is 12.6. The second-order valence-electron chi connectivity index (χ2n) is 7.97. The van der Waals surface area contributed by atoms with Crippen LogP contribution in [0.2, 0.25) is 0 Å². The first-order chi connectivity index (χ1) is 7.47. The lowest BCUT2D eigenvalue weighted by Crippen LogP contribution is -2.78. The number of hydrogen-bond donors (Lipinski definition) is 1. The topological polar surface area (TPSA) is 38.3 Å². The molecular formula is C14H25NO2. The second-order valence-corrected chi connectivity index (χ2v) is 7.97. The predicted molar refractivity (Wildman–Crippen MR) is 67.8 cm³/mol. The molecule has 0 aromatic carbocycles. The molecule has 1 N–H and O–H groups in total. The summed E-state index contributed by atoms with van der Waals surface area (Å²) in [5, 5.41) is 3.05. The van der Waals surface area contributed by atoms with Crippen LogP contribution in [0.5, 0.6) is 0 Å². The molecule has 1 amide bonds. The van der Waals surface area contributed by atoms with Crippen LogP contribution in [-0.4, -0.2) is 17.2 Å². The Kier molecular flexibility index (Phi) is 2.38. The zero-order chi connectivity index (χ0) is 13.1. The molecule has 0 heterocycles. The third kappa shape index (κ3) is 2.04. The number of hydrogen-bond acceptors (Lipinski definition) is 2. The van der Waals surface area contributed by atoms with Crippen molar-refractivity contribution < 1.29 is 9.53 Å². The van der Waals surface area contributed by atoms with Gasteiger partial charge in [0.1, 0.15) is 5.60 Å². The first-order valence-corrected chi connectivity index (χ1v) is 6.48. The minimum absolute atomic E-state index is 0.0512. The molecule has 3 saturated carbocycles. The fraction of sp³-hybridized carbons (Fsp3) is 0.929. The summed E-state index contributed by atoms with van der Waals surface area (Å²) < 4.78 is 5.30. The number of carbonyl (C=O) groups is 1. The Morgan fingerprint density at radius 3 is 1.88 bits per heavy atom. The maximum atomic E-state index is 11.7. The van der Waals surface area contributed by atoms with Gasteiger partial charge >= 0.3 is 6.09 Å². The number of nitrogens with one attached hydrogen (secondary N) is 1. The quantitative estimate of drug-likeness (QED) is 0.760. The highest BCUT2D eigenvalue weighted by Gasteiger charge is 2.72. The highest BCUT2D eigenvalue weighted by molar-refractivity contribution is 5.70. The first-order valence-electron chi connectivity index (χ1n) is 6.48. The summed E-state index contributed by atoms with van der Waals surface area (Å²) in [4.78, 5) is 11.7. The molecule has 0 spiro atoms. The van der Waals surface area contributed by atoms with Gasteiger partial charge in [-0.1, -0.05) is 20.8 Å². The maximum absolute atomic E-state index is 11.7. The predicted octanol–water partition coefficient (Wildman–Crippen LogP) is 3.48. The number of ether oxygens (including phenoxy) is 1. The molecular weight excluding hydrogens is 214 g/mol. The van der Waals surface area contributed by atoms with Crippen LogP contribution in [0.3, 0.4) is 0 Å². The van der Waals surface area contributed by atoms with Crippen molar-refractivity contribution in [3.05, 3.63) is 0 Å². The van der Waals surface area contributed by atoms with E-state index in [9.17, 15) is 4.79 Å². The van der Waals surface area contributed by atoms with Gasteiger partial charge in [0.15, 0.2) is 0 Å². The highest BCUT2D eigenvalue weighted by Crippen LogP contribution is 2.74. The maximum Gasteiger partial charge on any atom is 0.408 e. The van der Waals surface area contributed by atoms with E-state index in [4.69, 9.17) is 4.74 Å². The van der Waals surface area contributed by atoms with E-state index < -0.39 is 5.60 Å². The van der Waals surface area contributed by atoms with E-state index in [1.165, 1.54) is 0 Å². The van der Waals surface area contributed by atoms with Gasteiger partial charge in [-0.05, 0) is 50.9 Å². The molecule has 98 valence electrons. The van der Waals surface area contributed by atoms with E-state index in [2.05, 4.69) is 26.1 Å². The van der Waals surface area contributed by atoms with Crippen molar-refractivity contribution in [2.45, 2.75) is 71.9 Å². The SMILES string of the molecule is CC(C)(C)OC(=O)NC12CC(C(C)(C)C)(C1)C2. The van der Waals surface area contributed by atoms with Crippen LogP contribution in [0.25, 0.3) is 0 Å². The Balaban J connectivity index is 1.85. The van der Waals surface area contributed by atoms with Crippen LogP contribution in [0, 0.1) is 10.8 Å². The summed E-state index contributed by atoms with van der Waals surface area (Å²) in [6, 6.07) is 0. The molecule has 3 fully saturated rings. The Bertz CT molecular complexity index is 326. The lowest BCUT2D eigenvalue weighted by Gasteiger charge is -2.75. The van der Waals surface area contributed by atoms with E-state index >= 15 is 0 Å². The summed E-state index contributed by atoms with van der Waals surface area (Å²) >= 11 is 0. The molecule has 3 rings (SSSR count). The van der Waals surface area contributed by atoms with Gasteiger partial charge in [0, 0.05) is 5.54 Å². The van der Waals surface area contributed by atoms with Crippen LogP contribution in [0.4, 0.5) is 4.79 Å². The van der Waals surface area contributed by atoms with Crippen molar-refractivity contribution in [3.8, 4) is 0 Å². The average Bonchev–Trinajstić information content (AvgIpc) is 1.86. The van der Waals surface area contributed by atoms with Crippen LogP contribution < -0.4 is 5.32 Å². The molecule has 0 unspecified atom stereocenters. The van der Waals surface area contributed by atoms with Crippen molar-refractivity contribution in [2.24, 2.45) is 10.8 Å². The highest BCUT2D eigenvalue weighted by atomic mass is 16.6. The fourth-order valence-electron chi connectivity index (χ4n) is 3.24. The van der Waals surface area contributed by atoms with Crippen LogP contribution in [-0.2, 0) is 4.74 Å².